The van der Waals surface area contributed by atoms with Crippen LogP contribution >= 0.6 is 7.75 Å². The van der Waals surface area contributed by atoms with E-state index >= 15 is 0 Å². The average molecular weight is 583 g/mol. The van der Waals surface area contributed by atoms with E-state index < -0.39 is 62.9 Å². The van der Waals surface area contributed by atoms with Gasteiger partial charge in [0.25, 0.3) is 0 Å². The molecule has 220 valence electrons. The first-order valence-corrected chi connectivity index (χ1v) is 13.9. The number of likely N-dealkylation sites (N-methyl/N-ethyl adjacent to an activating group) is 1. The van der Waals surface area contributed by atoms with E-state index in [-0.39, 0.29) is 12.4 Å². The summed E-state index contributed by atoms with van der Waals surface area (Å²) in [7, 11) is -1.77. The minimum atomic E-state index is -4.55. The second kappa shape index (κ2) is 14.0. The van der Waals surface area contributed by atoms with Crippen molar-refractivity contribution < 1.29 is 52.7 Å². The SMILES string of the molecule is COc1ccc(OP(=O)(O[C@H]2[C@H](O)[C@@H](NC(C)=O)[C@@H](O)O[C@@H]2CO)N(C)C(C)C(=O)OCc2ccccc2)cc1. The summed E-state index contributed by atoms with van der Waals surface area (Å²) in [4.78, 5) is 24.6. The van der Waals surface area contributed by atoms with Crippen LogP contribution < -0.4 is 14.6 Å². The molecule has 0 radical (unpaired) electrons. The summed E-state index contributed by atoms with van der Waals surface area (Å²) in [5.41, 5.74) is 0.746. The fourth-order valence-electron chi connectivity index (χ4n) is 3.90. The number of esters is 1. The third kappa shape index (κ3) is 7.79. The van der Waals surface area contributed by atoms with Gasteiger partial charge in [0.05, 0.1) is 13.7 Å². The number of benzene rings is 2. The van der Waals surface area contributed by atoms with Crippen LogP contribution in [-0.4, -0.2) is 89.3 Å². The minimum Gasteiger partial charge on any atom is -0.497 e. The molecule has 1 saturated heterocycles. The predicted molar refractivity (Wildman–Crippen MR) is 141 cm³/mol. The molecular formula is C26H35N2O11P. The fraction of sp³-hybridized carbons (Fsp3) is 0.462. The quantitative estimate of drug-likeness (QED) is 0.208. The second-order valence-corrected chi connectivity index (χ2v) is 11.1. The lowest BCUT2D eigenvalue weighted by atomic mass is 9.97. The molecule has 1 aliphatic heterocycles. The van der Waals surface area contributed by atoms with Crippen molar-refractivity contribution in [3.8, 4) is 11.5 Å². The van der Waals surface area contributed by atoms with Gasteiger partial charge in [-0.1, -0.05) is 30.3 Å². The molecule has 1 amide bonds. The maximum atomic E-state index is 14.4. The van der Waals surface area contributed by atoms with Crippen molar-refractivity contribution in [3.63, 3.8) is 0 Å². The molecule has 0 saturated carbocycles. The molecule has 40 heavy (non-hydrogen) atoms. The maximum Gasteiger partial charge on any atom is 0.462 e. The Morgan fingerprint density at radius 3 is 2.30 bits per heavy atom. The molecule has 2 aromatic carbocycles. The van der Waals surface area contributed by atoms with Crippen molar-refractivity contribution in [2.45, 2.75) is 57.1 Å². The lowest BCUT2D eigenvalue weighted by molar-refractivity contribution is -0.250. The number of carbonyl (C=O) groups is 2. The molecule has 0 bridgehead atoms. The number of nitrogens with zero attached hydrogens (tertiary/aromatic N) is 1. The van der Waals surface area contributed by atoms with Crippen LogP contribution in [0.4, 0.5) is 0 Å². The van der Waals surface area contributed by atoms with Crippen LogP contribution in [0.1, 0.15) is 19.4 Å². The molecule has 0 spiro atoms. The molecule has 1 heterocycles. The van der Waals surface area contributed by atoms with Crippen molar-refractivity contribution >= 4 is 19.6 Å². The van der Waals surface area contributed by atoms with Gasteiger partial charge in [-0.15, -0.1) is 0 Å². The Hall–Kier alpha value is -3.03. The molecule has 3 rings (SSSR count). The summed E-state index contributed by atoms with van der Waals surface area (Å²) in [6.45, 7) is 1.83. The van der Waals surface area contributed by atoms with Crippen LogP contribution in [0.5, 0.6) is 11.5 Å². The van der Waals surface area contributed by atoms with E-state index in [9.17, 15) is 29.5 Å². The van der Waals surface area contributed by atoms with Crippen LogP contribution in [-0.2, 0) is 34.8 Å². The summed E-state index contributed by atoms with van der Waals surface area (Å²) in [6.07, 6.45) is -6.31. The Morgan fingerprint density at radius 2 is 1.73 bits per heavy atom. The topological polar surface area (TPSA) is 173 Å². The van der Waals surface area contributed by atoms with Gasteiger partial charge in [0.1, 0.15) is 48.5 Å². The normalized spacial score (nSPS) is 24.9. The third-order valence-electron chi connectivity index (χ3n) is 6.29. The highest BCUT2D eigenvalue weighted by Gasteiger charge is 2.51. The van der Waals surface area contributed by atoms with E-state index in [0.29, 0.717) is 5.75 Å². The number of carbonyl (C=O) groups excluding carboxylic acids is 2. The number of aliphatic hydroxyl groups excluding tert-OH is 3. The van der Waals surface area contributed by atoms with Crippen molar-refractivity contribution in [2.75, 3.05) is 20.8 Å². The zero-order valence-electron chi connectivity index (χ0n) is 22.6. The molecule has 7 atom stereocenters. The molecule has 2 aromatic rings. The van der Waals surface area contributed by atoms with Gasteiger partial charge in [-0.05, 0) is 43.8 Å². The number of methoxy groups -OCH3 is 1. The van der Waals surface area contributed by atoms with Crippen molar-refractivity contribution in [1.82, 2.24) is 9.99 Å². The van der Waals surface area contributed by atoms with Gasteiger partial charge in [0, 0.05) is 6.92 Å². The number of nitrogens with one attached hydrogen (secondary N) is 1. The largest absolute Gasteiger partial charge is 0.497 e. The lowest BCUT2D eigenvalue weighted by Crippen LogP contribution is -2.64. The van der Waals surface area contributed by atoms with Gasteiger partial charge in [0.15, 0.2) is 6.29 Å². The number of aliphatic hydroxyl groups is 3. The molecule has 14 heteroatoms. The first-order valence-electron chi connectivity index (χ1n) is 12.4. The molecule has 2 unspecified atom stereocenters. The van der Waals surface area contributed by atoms with E-state index in [1.165, 1.54) is 40.1 Å². The highest BCUT2D eigenvalue weighted by molar-refractivity contribution is 7.51. The zero-order chi connectivity index (χ0) is 29.4. The van der Waals surface area contributed by atoms with Crippen LogP contribution in [0.25, 0.3) is 0 Å². The van der Waals surface area contributed by atoms with Crippen LogP contribution in [0.15, 0.2) is 54.6 Å². The maximum absolute atomic E-state index is 14.4. The summed E-state index contributed by atoms with van der Waals surface area (Å²) in [5.74, 6) is -0.749. The van der Waals surface area contributed by atoms with Gasteiger partial charge in [-0.25, -0.2) is 4.57 Å². The number of rotatable bonds is 12. The van der Waals surface area contributed by atoms with E-state index in [1.807, 2.05) is 6.07 Å². The minimum absolute atomic E-state index is 0.0274. The van der Waals surface area contributed by atoms with Crippen LogP contribution in [0, 0.1) is 0 Å². The van der Waals surface area contributed by atoms with Crippen LogP contribution in [0.3, 0.4) is 0 Å². The van der Waals surface area contributed by atoms with E-state index in [2.05, 4.69) is 5.32 Å². The number of amides is 1. The van der Waals surface area contributed by atoms with Crippen molar-refractivity contribution in [1.29, 1.82) is 0 Å². The van der Waals surface area contributed by atoms with Crippen molar-refractivity contribution in [2.24, 2.45) is 0 Å². The molecule has 13 nitrogen and oxygen atoms in total. The van der Waals surface area contributed by atoms with Gasteiger partial charge in [-0.2, -0.15) is 4.67 Å². The van der Waals surface area contributed by atoms with E-state index in [0.717, 1.165) is 10.2 Å². The van der Waals surface area contributed by atoms with Gasteiger partial charge in [-0.3, -0.25) is 14.1 Å². The monoisotopic (exact) mass is 582 g/mol. The lowest BCUT2D eigenvalue weighted by Gasteiger charge is -2.43. The fourth-order valence-corrected chi connectivity index (χ4v) is 5.70. The van der Waals surface area contributed by atoms with E-state index in [1.54, 1.807) is 36.4 Å². The first kappa shape index (κ1) is 31.5. The van der Waals surface area contributed by atoms with Crippen molar-refractivity contribution in [3.05, 3.63) is 60.2 Å². The zero-order valence-corrected chi connectivity index (χ0v) is 23.5. The Balaban J connectivity index is 1.89. The molecule has 1 fully saturated rings. The average Bonchev–Trinajstić information content (AvgIpc) is 2.95. The number of ether oxygens (including phenoxy) is 3. The highest BCUT2D eigenvalue weighted by Crippen LogP contribution is 2.54. The molecular weight excluding hydrogens is 547 g/mol. The summed E-state index contributed by atoms with van der Waals surface area (Å²) < 4.78 is 42.9. The predicted octanol–water partition coefficient (Wildman–Crippen LogP) is 1.21. The van der Waals surface area contributed by atoms with Gasteiger partial charge >= 0.3 is 13.7 Å². The third-order valence-corrected chi connectivity index (χ3v) is 8.36. The summed E-state index contributed by atoms with van der Waals surface area (Å²) >= 11 is 0. The summed E-state index contributed by atoms with van der Waals surface area (Å²) in [5, 5.41) is 33.5. The molecule has 4 N–H and O–H groups in total. The van der Waals surface area contributed by atoms with E-state index in [4.69, 9.17) is 23.3 Å². The Morgan fingerprint density at radius 1 is 1.10 bits per heavy atom. The Bertz CT molecular complexity index is 1170. The van der Waals surface area contributed by atoms with Crippen LogP contribution in [0.2, 0.25) is 0 Å². The Labute approximate surface area is 232 Å². The summed E-state index contributed by atoms with van der Waals surface area (Å²) in [6, 6.07) is 12.5. The number of hydrogen-bond donors (Lipinski definition) is 4. The number of hydrogen-bond acceptors (Lipinski definition) is 11. The first-order chi connectivity index (χ1) is 19.0. The highest BCUT2D eigenvalue weighted by atomic mass is 31.2. The van der Waals surface area contributed by atoms with Gasteiger partial charge in [0.2, 0.25) is 5.91 Å². The molecule has 0 aliphatic carbocycles. The molecule has 0 aromatic heterocycles. The van der Waals surface area contributed by atoms with Gasteiger partial charge < -0.3 is 39.4 Å². The Kier molecular flexibility index (Phi) is 11.1. The molecule has 1 aliphatic rings. The second-order valence-electron chi connectivity index (χ2n) is 9.11. The smallest absolute Gasteiger partial charge is 0.462 e. The standard InChI is InChI=1S/C26H35N2O11P/c1-16(25(32)36-15-18-8-6-5-7-9-18)28(3)40(34,38-20-12-10-19(35-4)11-13-20)39-24-21(14-29)37-26(33)22(23(24)31)27-17(2)30/h5-13,16,21-24,26,29,31,33H,14-15H2,1-4H3,(H,27,30)/t16?,21-,22-,23-,24-,26+,40?/m1/s1.